The Kier molecular flexibility index (Phi) is 7.19. The van der Waals surface area contributed by atoms with Gasteiger partial charge in [0.1, 0.15) is 12.4 Å². The molecule has 1 fully saturated rings. The van der Waals surface area contributed by atoms with Crippen molar-refractivity contribution in [2.45, 2.75) is 31.7 Å². The van der Waals surface area contributed by atoms with E-state index in [2.05, 4.69) is 4.99 Å². The van der Waals surface area contributed by atoms with Gasteiger partial charge >= 0.3 is 0 Å². The summed E-state index contributed by atoms with van der Waals surface area (Å²) >= 11 is 6.00. The molecule has 8 nitrogen and oxygen atoms in total. The summed E-state index contributed by atoms with van der Waals surface area (Å²) in [5.74, 6) is -0.0666. The Morgan fingerprint density at radius 1 is 1.18 bits per heavy atom. The van der Waals surface area contributed by atoms with Crippen LogP contribution in [0.25, 0.3) is 6.08 Å². The van der Waals surface area contributed by atoms with Gasteiger partial charge in [-0.3, -0.25) is 14.4 Å². The largest absolute Gasteiger partial charge is 0.399 e. The second-order valence-electron chi connectivity index (χ2n) is 8.45. The number of amides is 2. The highest BCUT2D eigenvalue weighted by Gasteiger charge is 2.30. The summed E-state index contributed by atoms with van der Waals surface area (Å²) in [6.07, 6.45) is 2.68. The van der Waals surface area contributed by atoms with Crippen molar-refractivity contribution in [2.24, 2.45) is 10.7 Å². The summed E-state index contributed by atoms with van der Waals surface area (Å²) in [4.78, 5) is 38.0. The van der Waals surface area contributed by atoms with E-state index in [1.165, 1.54) is 5.06 Å². The molecule has 2 aliphatic rings. The van der Waals surface area contributed by atoms with Crippen molar-refractivity contribution in [2.75, 3.05) is 25.4 Å². The molecule has 0 spiro atoms. The first-order valence-electron chi connectivity index (χ1n) is 11.2. The SMILES string of the molecule is CCCN(OCc1ccc(N)cc1)C(=O)C1=Cc2ccc(C(=O)N3CC(Cl)C3)cc2N=C(N)C1. The first-order valence-corrected chi connectivity index (χ1v) is 11.7. The van der Waals surface area contributed by atoms with E-state index in [4.69, 9.17) is 27.9 Å². The molecule has 2 aromatic carbocycles. The molecule has 178 valence electrons. The Morgan fingerprint density at radius 2 is 1.91 bits per heavy atom. The zero-order valence-corrected chi connectivity index (χ0v) is 19.8. The van der Waals surface area contributed by atoms with Crippen LogP contribution in [0.4, 0.5) is 11.4 Å². The smallest absolute Gasteiger partial charge is 0.273 e. The Morgan fingerprint density at radius 3 is 2.59 bits per heavy atom. The highest BCUT2D eigenvalue weighted by atomic mass is 35.5. The first kappa shape index (κ1) is 23.8. The van der Waals surface area contributed by atoms with Gasteiger partial charge in [0, 0.05) is 48.4 Å². The second kappa shape index (κ2) is 10.3. The number of fused-ring (bicyclic) bond motifs is 1. The van der Waals surface area contributed by atoms with Gasteiger partial charge in [-0.05, 0) is 42.3 Å². The zero-order chi connectivity index (χ0) is 24.2. The predicted molar refractivity (Wildman–Crippen MR) is 134 cm³/mol. The quantitative estimate of drug-likeness (QED) is 0.357. The number of halogens is 1. The minimum atomic E-state index is -0.266. The van der Waals surface area contributed by atoms with Gasteiger partial charge in [-0.1, -0.05) is 25.1 Å². The number of amidine groups is 1. The predicted octanol–water partition coefficient (Wildman–Crippen LogP) is 3.48. The van der Waals surface area contributed by atoms with Crippen molar-refractivity contribution in [3.05, 3.63) is 64.7 Å². The van der Waals surface area contributed by atoms with Crippen LogP contribution in [0.5, 0.6) is 0 Å². The fourth-order valence-corrected chi connectivity index (χ4v) is 4.12. The third-order valence-corrected chi connectivity index (χ3v) is 5.94. The molecule has 34 heavy (non-hydrogen) atoms. The number of alkyl halides is 1. The van der Waals surface area contributed by atoms with E-state index in [0.29, 0.717) is 53.5 Å². The van der Waals surface area contributed by atoms with Crippen LogP contribution in [0.2, 0.25) is 0 Å². The normalized spacial score (nSPS) is 15.5. The Balaban J connectivity index is 1.53. The number of carbonyl (C=O) groups is 2. The molecular formula is C25H28ClN5O3. The lowest BCUT2D eigenvalue weighted by atomic mass is 10.0. The molecule has 9 heteroatoms. The van der Waals surface area contributed by atoms with E-state index in [-0.39, 0.29) is 30.2 Å². The Labute approximate surface area is 203 Å². The number of anilines is 1. The average molecular weight is 482 g/mol. The molecule has 2 heterocycles. The molecule has 0 bridgehead atoms. The topological polar surface area (TPSA) is 114 Å². The molecule has 0 radical (unpaired) electrons. The third kappa shape index (κ3) is 5.40. The fourth-order valence-electron chi connectivity index (χ4n) is 3.79. The van der Waals surface area contributed by atoms with Gasteiger partial charge in [-0.15, -0.1) is 11.6 Å². The number of hydrogen-bond acceptors (Lipinski definition) is 6. The van der Waals surface area contributed by atoms with Gasteiger partial charge in [0.25, 0.3) is 11.8 Å². The minimum Gasteiger partial charge on any atom is -0.399 e. The molecule has 2 amide bonds. The summed E-state index contributed by atoms with van der Waals surface area (Å²) in [5.41, 5.74) is 15.7. The molecule has 1 saturated heterocycles. The zero-order valence-electron chi connectivity index (χ0n) is 19.0. The molecule has 0 aromatic heterocycles. The van der Waals surface area contributed by atoms with Gasteiger partial charge < -0.3 is 16.4 Å². The van der Waals surface area contributed by atoms with Crippen LogP contribution in [0.1, 0.15) is 41.3 Å². The molecule has 2 aliphatic heterocycles. The maximum atomic E-state index is 13.3. The lowest BCUT2D eigenvalue weighted by Gasteiger charge is -2.35. The van der Waals surface area contributed by atoms with E-state index in [9.17, 15) is 9.59 Å². The maximum absolute atomic E-state index is 13.3. The summed E-state index contributed by atoms with van der Waals surface area (Å²) in [6, 6.07) is 12.5. The maximum Gasteiger partial charge on any atom is 0.273 e. The van der Waals surface area contributed by atoms with Crippen molar-refractivity contribution in [1.82, 2.24) is 9.96 Å². The van der Waals surface area contributed by atoms with E-state index in [1.807, 2.05) is 19.1 Å². The van der Waals surface area contributed by atoms with E-state index >= 15 is 0 Å². The van der Waals surface area contributed by atoms with Crippen LogP contribution in [0.3, 0.4) is 0 Å². The monoisotopic (exact) mass is 481 g/mol. The van der Waals surface area contributed by atoms with Gasteiger partial charge in [0.2, 0.25) is 0 Å². The molecule has 0 unspecified atom stereocenters. The number of hydrogen-bond donors (Lipinski definition) is 2. The van der Waals surface area contributed by atoms with E-state index in [0.717, 1.165) is 12.0 Å². The molecule has 0 atom stereocenters. The Hall–Kier alpha value is -3.36. The molecular weight excluding hydrogens is 454 g/mol. The van der Waals surface area contributed by atoms with Crippen molar-refractivity contribution in [3.8, 4) is 0 Å². The number of nitrogens with zero attached hydrogens (tertiary/aromatic N) is 3. The van der Waals surface area contributed by atoms with Crippen molar-refractivity contribution in [3.63, 3.8) is 0 Å². The van der Waals surface area contributed by atoms with Crippen LogP contribution in [0, 0.1) is 0 Å². The lowest BCUT2D eigenvalue weighted by Crippen LogP contribution is -2.50. The molecule has 4 rings (SSSR count). The van der Waals surface area contributed by atoms with Crippen LogP contribution in [0.15, 0.2) is 53.0 Å². The van der Waals surface area contributed by atoms with Gasteiger partial charge in [-0.2, -0.15) is 0 Å². The number of nitrogens with two attached hydrogens (primary N) is 2. The Bertz CT molecular complexity index is 1140. The van der Waals surface area contributed by atoms with Crippen molar-refractivity contribution >= 4 is 46.7 Å². The van der Waals surface area contributed by atoms with Gasteiger partial charge in [0.05, 0.1) is 11.1 Å². The number of carbonyl (C=O) groups excluding carboxylic acids is 2. The highest BCUT2D eigenvalue weighted by molar-refractivity contribution is 6.22. The minimum absolute atomic E-state index is 0.00301. The number of aliphatic imine (C=N–C) groups is 1. The van der Waals surface area contributed by atoms with Crippen molar-refractivity contribution < 1.29 is 14.4 Å². The molecule has 0 saturated carbocycles. The van der Waals surface area contributed by atoms with Crippen LogP contribution < -0.4 is 11.5 Å². The fraction of sp³-hybridized carbons (Fsp3) is 0.320. The third-order valence-electron chi connectivity index (χ3n) is 5.66. The lowest BCUT2D eigenvalue weighted by molar-refractivity contribution is -0.187. The number of hydroxylamine groups is 2. The summed E-state index contributed by atoms with van der Waals surface area (Å²) in [5, 5.41) is 1.37. The molecule has 4 N–H and O–H groups in total. The number of nitrogen functional groups attached to an aromatic ring is 1. The standard InChI is InChI=1S/C25H28ClN5O3/c1-2-9-31(34-15-16-3-7-21(27)8-4-16)25(33)19-10-17-5-6-18(11-22(17)29-23(28)12-19)24(32)30-13-20(26)14-30/h3-8,10-11,20H,2,9,12-15,27H2,1H3,(H2,28,29). The van der Waals surface area contributed by atoms with Gasteiger partial charge in [-0.25, -0.2) is 10.1 Å². The van der Waals surface area contributed by atoms with Crippen molar-refractivity contribution in [1.29, 1.82) is 0 Å². The highest BCUT2D eigenvalue weighted by Crippen LogP contribution is 2.29. The summed E-state index contributed by atoms with van der Waals surface area (Å²) in [7, 11) is 0. The van der Waals surface area contributed by atoms with Gasteiger partial charge in [0.15, 0.2) is 0 Å². The van der Waals surface area contributed by atoms with Crippen LogP contribution in [-0.2, 0) is 16.2 Å². The van der Waals surface area contributed by atoms with Crippen LogP contribution in [-0.4, -0.2) is 52.6 Å². The first-order chi connectivity index (χ1) is 16.3. The van der Waals surface area contributed by atoms with E-state index in [1.54, 1.807) is 41.3 Å². The molecule has 2 aromatic rings. The van der Waals surface area contributed by atoms with E-state index < -0.39 is 0 Å². The molecule has 0 aliphatic carbocycles. The number of likely N-dealkylation sites (tertiary alicyclic amines) is 1. The summed E-state index contributed by atoms with van der Waals surface area (Å²) < 4.78 is 0. The summed E-state index contributed by atoms with van der Waals surface area (Å²) in [6.45, 7) is 3.71. The average Bonchev–Trinajstić information content (AvgIpc) is 2.97. The second-order valence-corrected chi connectivity index (χ2v) is 9.07. The number of rotatable bonds is 7. The number of benzene rings is 2. The van der Waals surface area contributed by atoms with Crippen LogP contribution >= 0.6 is 11.6 Å².